The molecule has 7 heteroatoms. The third-order valence-corrected chi connectivity index (χ3v) is 8.21. The van der Waals surface area contributed by atoms with E-state index >= 15 is 0 Å². The number of ether oxygens (including phenoxy) is 1. The number of piperidine rings is 1. The van der Waals surface area contributed by atoms with Crippen molar-refractivity contribution in [2.45, 2.75) is 89.5 Å². The van der Waals surface area contributed by atoms with E-state index in [1.807, 2.05) is 25.7 Å². The average Bonchev–Trinajstić information content (AvgIpc) is 2.55. The van der Waals surface area contributed by atoms with Crippen molar-refractivity contribution in [3.63, 3.8) is 0 Å². The molecule has 152 valence electrons. The van der Waals surface area contributed by atoms with Crippen LogP contribution < -0.4 is 4.72 Å². The second kappa shape index (κ2) is 8.74. The zero-order valence-electron chi connectivity index (χ0n) is 16.9. The maximum atomic E-state index is 12.8. The Balaban J connectivity index is 1.86. The van der Waals surface area contributed by atoms with Crippen LogP contribution in [-0.4, -0.2) is 49.5 Å². The van der Waals surface area contributed by atoms with Crippen molar-refractivity contribution in [3.05, 3.63) is 0 Å². The molecular weight excluding hydrogens is 463 g/mol. The first kappa shape index (κ1) is 22.6. The minimum atomic E-state index is -1.03. The second-order valence-corrected chi connectivity index (χ2v) is 12.3. The zero-order chi connectivity index (χ0) is 19.6. The summed E-state index contributed by atoms with van der Waals surface area (Å²) in [5.41, 5.74) is -0.249. The van der Waals surface area contributed by atoms with Gasteiger partial charge in [0.15, 0.2) is 0 Å². The van der Waals surface area contributed by atoms with E-state index in [2.05, 4.69) is 41.2 Å². The van der Waals surface area contributed by atoms with E-state index in [1.165, 1.54) is 0 Å². The van der Waals surface area contributed by atoms with Crippen LogP contribution in [0.25, 0.3) is 0 Å². The summed E-state index contributed by atoms with van der Waals surface area (Å²) in [4.78, 5) is 14.1. The highest BCUT2D eigenvalue weighted by atomic mass is 127. The van der Waals surface area contributed by atoms with Crippen LogP contribution in [-0.2, 0) is 16.1 Å². The van der Waals surface area contributed by atoms with Gasteiger partial charge in [0.2, 0.25) is 0 Å². The number of hydrogen-bond acceptors (Lipinski definition) is 4. The predicted octanol–water partition coefficient (Wildman–Crippen LogP) is 4.41. The lowest BCUT2D eigenvalue weighted by molar-refractivity contribution is -0.0185. The Morgan fingerprint density at radius 3 is 2.35 bits per heavy atom. The molecule has 1 amide bonds. The fraction of sp³-hybridized carbons (Fsp3) is 0.947. The van der Waals surface area contributed by atoms with E-state index in [4.69, 9.17) is 4.74 Å². The number of nitrogens with zero attached hydrogens (tertiary/aromatic N) is 1. The molecule has 1 saturated carbocycles. The Morgan fingerprint density at radius 1 is 1.27 bits per heavy atom. The molecule has 1 spiro atoms. The van der Waals surface area contributed by atoms with Gasteiger partial charge in [0, 0.05) is 24.5 Å². The molecule has 0 aromatic heterocycles. The van der Waals surface area contributed by atoms with Crippen molar-refractivity contribution in [3.8, 4) is 0 Å². The van der Waals surface area contributed by atoms with Gasteiger partial charge in [-0.2, -0.15) is 0 Å². The van der Waals surface area contributed by atoms with Gasteiger partial charge in [-0.05, 0) is 83.0 Å². The van der Waals surface area contributed by atoms with Crippen molar-refractivity contribution >= 4 is 40.0 Å². The van der Waals surface area contributed by atoms with Gasteiger partial charge in [-0.1, -0.05) is 22.6 Å². The van der Waals surface area contributed by atoms with Gasteiger partial charge >= 0.3 is 6.09 Å². The lowest BCUT2D eigenvalue weighted by atomic mass is 9.60. The number of alkyl halides is 1. The third kappa shape index (κ3) is 5.64. The second-order valence-electron chi connectivity index (χ2n) is 9.36. The van der Waals surface area contributed by atoms with Gasteiger partial charge in [0.1, 0.15) is 10.3 Å². The smallest absolute Gasteiger partial charge is 0.410 e. The van der Waals surface area contributed by atoms with Gasteiger partial charge in [-0.3, -0.25) is 0 Å². The van der Waals surface area contributed by atoms with E-state index in [9.17, 15) is 9.35 Å². The molecule has 26 heavy (non-hydrogen) atoms. The SMILES string of the molecule is CC(C)(C)OC(=O)N1CCC2(CC[C@@H]2N[S@+]([O-])C(C)(C)CCCI)CC1. The van der Waals surface area contributed by atoms with Crippen LogP contribution in [0.1, 0.15) is 73.1 Å². The number of halogens is 1. The summed E-state index contributed by atoms with van der Waals surface area (Å²) < 4.78 is 22.7. The number of carbonyl (C=O) groups excluding carboxylic acids is 1. The highest BCUT2D eigenvalue weighted by molar-refractivity contribution is 14.1. The highest BCUT2D eigenvalue weighted by Crippen LogP contribution is 2.50. The summed E-state index contributed by atoms with van der Waals surface area (Å²) >= 11 is 1.35. The van der Waals surface area contributed by atoms with Crippen LogP contribution in [0.3, 0.4) is 0 Å². The maximum Gasteiger partial charge on any atom is 0.410 e. The van der Waals surface area contributed by atoms with Gasteiger partial charge in [0.25, 0.3) is 0 Å². The lowest BCUT2D eigenvalue weighted by Gasteiger charge is -2.53. The molecule has 0 radical (unpaired) electrons. The van der Waals surface area contributed by atoms with Crippen molar-refractivity contribution in [1.29, 1.82) is 0 Å². The van der Waals surface area contributed by atoms with E-state index in [1.54, 1.807) is 0 Å². The number of rotatable bonds is 6. The molecule has 1 saturated heterocycles. The molecule has 2 fully saturated rings. The summed E-state index contributed by atoms with van der Waals surface area (Å²) in [6.45, 7) is 11.4. The standard InChI is InChI=1S/C19H35IN2O3S/c1-17(2,3)25-16(23)22-13-10-19(11-14-22)9-7-15(19)21-26(24)18(4,5)8-6-12-20/h15,21H,6-14H2,1-5H3/t15-,26+/m0/s1. The molecule has 0 unspecified atom stereocenters. The number of carbonyl (C=O) groups is 1. The minimum Gasteiger partial charge on any atom is -0.598 e. The van der Waals surface area contributed by atoms with Gasteiger partial charge in [-0.15, -0.1) is 4.72 Å². The molecule has 0 aromatic carbocycles. The molecule has 1 heterocycles. The van der Waals surface area contributed by atoms with E-state index in [0.29, 0.717) is 6.04 Å². The molecule has 1 aliphatic carbocycles. The number of amides is 1. The highest BCUT2D eigenvalue weighted by Gasteiger charge is 2.51. The summed E-state index contributed by atoms with van der Waals surface area (Å²) in [5.74, 6) is 0. The molecular formula is C19H35IN2O3S. The molecule has 1 aliphatic heterocycles. The lowest BCUT2D eigenvalue weighted by Crippen LogP contribution is -2.61. The Bertz CT molecular complexity index is 488. The quantitative estimate of drug-likeness (QED) is 0.335. The Kier molecular flexibility index (Phi) is 7.58. The van der Waals surface area contributed by atoms with Gasteiger partial charge in [0.05, 0.1) is 6.04 Å². The average molecular weight is 498 g/mol. The molecule has 2 atom stereocenters. The molecule has 0 aromatic rings. The summed E-state index contributed by atoms with van der Waals surface area (Å²) in [6.07, 6.45) is 6.05. The van der Waals surface area contributed by atoms with Gasteiger partial charge < -0.3 is 14.2 Å². The van der Waals surface area contributed by atoms with Crippen LogP contribution in [0.5, 0.6) is 0 Å². The summed E-state index contributed by atoms with van der Waals surface area (Å²) in [7, 11) is 0. The van der Waals surface area contributed by atoms with Crippen LogP contribution in [0.4, 0.5) is 4.79 Å². The largest absolute Gasteiger partial charge is 0.598 e. The third-order valence-electron chi connectivity index (χ3n) is 5.74. The monoisotopic (exact) mass is 498 g/mol. The molecule has 5 nitrogen and oxygen atoms in total. The molecule has 2 rings (SSSR count). The first-order valence-corrected chi connectivity index (χ1v) is 12.4. The number of nitrogens with one attached hydrogen (secondary N) is 1. The number of likely N-dealkylation sites (tertiary alicyclic amines) is 1. The fourth-order valence-electron chi connectivity index (χ4n) is 3.81. The summed E-state index contributed by atoms with van der Waals surface area (Å²) in [6, 6.07) is 0.308. The summed E-state index contributed by atoms with van der Waals surface area (Å²) in [5, 5.41) is 0. The van der Waals surface area contributed by atoms with Crippen LogP contribution in [0, 0.1) is 5.41 Å². The van der Waals surface area contributed by atoms with E-state index < -0.39 is 17.0 Å². The first-order valence-electron chi connectivity index (χ1n) is 9.71. The fourth-order valence-corrected chi connectivity index (χ4v) is 5.47. The normalized spacial score (nSPS) is 24.3. The number of hydrogen-bond donors (Lipinski definition) is 1. The Hall–Kier alpha value is 0.270. The van der Waals surface area contributed by atoms with Crippen molar-refractivity contribution in [2.24, 2.45) is 5.41 Å². The first-order chi connectivity index (χ1) is 12.0. The van der Waals surface area contributed by atoms with Crippen LogP contribution in [0.2, 0.25) is 0 Å². The van der Waals surface area contributed by atoms with E-state index in [-0.39, 0.29) is 16.3 Å². The van der Waals surface area contributed by atoms with Gasteiger partial charge in [-0.25, -0.2) is 4.79 Å². The Labute approximate surface area is 175 Å². The maximum absolute atomic E-state index is 12.8. The molecule has 1 N–H and O–H groups in total. The molecule has 2 aliphatic rings. The van der Waals surface area contributed by atoms with Crippen molar-refractivity contribution < 1.29 is 14.1 Å². The van der Waals surface area contributed by atoms with E-state index in [0.717, 1.165) is 56.0 Å². The predicted molar refractivity (Wildman–Crippen MR) is 116 cm³/mol. The van der Waals surface area contributed by atoms with Crippen LogP contribution in [0.15, 0.2) is 0 Å². The van der Waals surface area contributed by atoms with Crippen molar-refractivity contribution in [1.82, 2.24) is 9.62 Å². The zero-order valence-corrected chi connectivity index (χ0v) is 19.9. The minimum absolute atomic E-state index is 0.195. The Morgan fingerprint density at radius 2 is 1.88 bits per heavy atom. The topological polar surface area (TPSA) is 64.6 Å². The van der Waals surface area contributed by atoms with Crippen LogP contribution >= 0.6 is 22.6 Å². The van der Waals surface area contributed by atoms with Crippen molar-refractivity contribution in [2.75, 3.05) is 17.5 Å². The molecule has 0 bridgehead atoms.